The van der Waals surface area contributed by atoms with Gasteiger partial charge in [-0.25, -0.2) is 4.79 Å². The van der Waals surface area contributed by atoms with Crippen LogP contribution in [0.4, 0.5) is 0 Å². The molecule has 0 aliphatic heterocycles. The molecule has 19 heavy (non-hydrogen) atoms. The maximum absolute atomic E-state index is 11.2. The summed E-state index contributed by atoms with van der Waals surface area (Å²) in [5.41, 5.74) is 1.05. The topological polar surface area (TPSA) is 46.5 Å². The van der Waals surface area contributed by atoms with Gasteiger partial charge in [-0.05, 0) is 51.4 Å². The maximum atomic E-state index is 11.2. The molecular formula is C16H30O3. The van der Waals surface area contributed by atoms with Crippen LogP contribution in [0.5, 0.6) is 0 Å². The molecule has 0 fully saturated rings. The van der Waals surface area contributed by atoms with Gasteiger partial charge < -0.3 is 9.84 Å². The number of aliphatic hydroxyl groups is 1. The summed E-state index contributed by atoms with van der Waals surface area (Å²) < 4.78 is 4.87. The first-order valence-electron chi connectivity index (χ1n) is 7.38. The van der Waals surface area contributed by atoms with Crippen LogP contribution in [0.1, 0.15) is 60.3 Å². The number of ether oxygens (including phenoxy) is 1. The Morgan fingerprint density at radius 2 is 1.95 bits per heavy atom. The van der Waals surface area contributed by atoms with Crippen LogP contribution in [0.3, 0.4) is 0 Å². The Morgan fingerprint density at radius 1 is 1.32 bits per heavy atom. The zero-order chi connectivity index (χ0) is 14.8. The lowest BCUT2D eigenvalue weighted by Crippen LogP contribution is -2.19. The number of carbonyl (C=O) groups is 1. The molecule has 0 rings (SSSR count). The molecular weight excluding hydrogens is 240 g/mol. The van der Waals surface area contributed by atoms with Crippen LogP contribution in [-0.2, 0) is 9.53 Å². The average molecular weight is 270 g/mol. The van der Waals surface area contributed by atoms with Crippen molar-refractivity contribution in [2.45, 2.75) is 66.4 Å². The standard InChI is InChI=1S/C16H30O3/c1-6-19-16(18)11-13(4)8-7-9-14(5)15(17)10-12(2)3/h11-12,14-15,17H,6-10H2,1-5H3. The Balaban J connectivity index is 3.92. The fraction of sp³-hybridized carbons (Fsp3) is 0.812. The summed E-state index contributed by atoms with van der Waals surface area (Å²) >= 11 is 0. The molecule has 0 aromatic rings. The van der Waals surface area contributed by atoms with Gasteiger partial charge in [0.1, 0.15) is 0 Å². The molecule has 0 spiro atoms. The van der Waals surface area contributed by atoms with Crippen LogP contribution in [0.25, 0.3) is 0 Å². The van der Waals surface area contributed by atoms with Crippen LogP contribution < -0.4 is 0 Å². The highest BCUT2D eigenvalue weighted by Crippen LogP contribution is 2.19. The van der Waals surface area contributed by atoms with Crippen molar-refractivity contribution in [1.29, 1.82) is 0 Å². The molecule has 3 nitrogen and oxygen atoms in total. The first-order valence-corrected chi connectivity index (χ1v) is 7.38. The van der Waals surface area contributed by atoms with Gasteiger partial charge in [-0.1, -0.05) is 26.3 Å². The van der Waals surface area contributed by atoms with Crippen molar-refractivity contribution >= 4 is 5.97 Å². The summed E-state index contributed by atoms with van der Waals surface area (Å²) in [6.07, 6.45) is 5.09. The van der Waals surface area contributed by atoms with Gasteiger partial charge in [0.15, 0.2) is 0 Å². The highest BCUT2D eigenvalue weighted by Gasteiger charge is 2.15. The van der Waals surface area contributed by atoms with Crippen LogP contribution in [0.15, 0.2) is 11.6 Å². The number of carbonyl (C=O) groups excluding carboxylic acids is 1. The minimum Gasteiger partial charge on any atom is -0.463 e. The molecule has 0 aromatic heterocycles. The molecule has 0 aliphatic rings. The quantitative estimate of drug-likeness (QED) is 0.513. The monoisotopic (exact) mass is 270 g/mol. The predicted octanol–water partition coefficient (Wildman–Crippen LogP) is 3.71. The van der Waals surface area contributed by atoms with Gasteiger partial charge in [-0.3, -0.25) is 0 Å². The molecule has 0 amide bonds. The largest absolute Gasteiger partial charge is 0.463 e. The minimum absolute atomic E-state index is 0.214. The molecule has 0 saturated carbocycles. The SMILES string of the molecule is CCOC(=O)C=C(C)CCCC(C)C(O)CC(C)C. The number of rotatable bonds is 9. The van der Waals surface area contributed by atoms with Crippen molar-refractivity contribution in [3.05, 3.63) is 11.6 Å². The maximum Gasteiger partial charge on any atom is 0.330 e. The Bertz CT molecular complexity index is 282. The summed E-state index contributed by atoms with van der Waals surface area (Å²) in [6.45, 7) is 10.5. The van der Waals surface area contributed by atoms with E-state index in [1.807, 2.05) is 6.92 Å². The van der Waals surface area contributed by atoms with Crippen molar-refractivity contribution in [3.63, 3.8) is 0 Å². The lowest BCUT2D eigenvalue weighted by atomic mass is 9.91. The van der Waals surface area contributed by atoms with Gasteiger partial charge in [0.25, 0.3) is 0 Å². The zero-order valence-corrected chi connectivity index (χ0v) is 13.1. The Hall–Kier alpha value is -0.830. The fourth-order valence-electron chi connectivity index (χ4n) is 2.07. The summed E-state index contributed by atoms with van der Waals surface area (Å²) in [7, 11) is 0. The highest BCUT2D eigenvalue weighted by molar-refractivity contribution is 5.82. The van der Waals surface area contributed by atoms with Crippen LogP contribution in [0, 0.1) is 11.8 Å². The first kappa shape index (κ1) is 18.2. The smallest absolute Gasteiger partial charge is 0.330 e. The van der Waals surface area contributed by atoms with Gasteiger partial charge in [0, 0.05) is 6.08 Å². The zero-order valence-electron chi connectivity index (χ0n) is 13.1. The Kier molecular flexibility index (Phi) is 9.58. The third-order valence-corrected chi connectivity index (χ3v) is 3.25. The van der Waals surface area contributed by atoms with E-state index in [1.54, 1.807) is 13.0 Å². The number of aliphatic hydroxyl groups excluding tert-OH is 1. The molecule has 1 N–H and O–H groups in total. The normalized spacial score (nSPS) is 15.4. The second kappa shape index (κ2) is 10.0. The van der Waals surface area contributed by atoms with Crippen molar-refractivity contribution in [2.75, 3.05) is 6.61 Å². The van der Waals surface area contributed by atoms with Gasteiger partial charge >= 0.3 is 5.97 Å². The molecule has 0 heterocycles. The van der Waals surface area contributed by atoms with E-state index in [1.165, 1.54) is 0 Å². The van der Waals surface area contributed by atoms with E-state index in [-0.39, 0.29) is 12.1 Å². The average Bonchev–Trinajstić information content (AvgIpc) is 2.27. The molecule has 0 aromatic carbocycles. The van der Waals surface area contributed by atoms with E-state index in [2.05, 4.69) is 20.8 Å². The minimum atomic E-state index is -0.257. The molecule has 0 saturated heterocycles. The Labute approximate surface area is 118 Å². The van der Waals surface area contributed by atoms with Crippen LogP contribution in [-0.4, -0.2) is 23.8 Å². The van der Waals surface area contributed by atoms with E-state index >= 15 is 0 Å². The van der Waals surface area contributed by atoms with Crippen molar-refractivity contribution in [1.82, 2.24) is 0 Å². The fourth-order valence-corrected chi connectivity index (χ4v) is 2.07. The summed E-state index contributed by atoms with van der Waals surface area (Å²) in [6, 6.07) is 0. The Morgan fingerprint density at radius 3 is 2.47 bits per heavy atom. The van der Waals surface area contributed by atoms with Crippen molar-refractivity contribution in [2.24, 2.45) is 11.8 Å². The number of esters is 1. The molecule has 0 bridgehead atoms. The summed E-state index contributed by atoms with van der Waals surface area (Å²) in [5.74, 6) is 0.591. The second-order valence-electron chi connectivity index (χ2n) is 5.81. The molecule has 112 valence electrons. The molecule has 0 aliphatic carbocycles. The van der Waals surface area contributed by atoms with Gasteiger partial charge in [-0.15, -0.1) is 0 Å². The van der Waals surface area contributed by atoms with Gasteiger partial charge in [0.2, 0.25) is 0 Å². The number of allylic oxidation sites excluding steroid dienone is 1. The number of hydrogen-bond acceptors (Lipinski definition) is 3. The van der Waals surface area contributed by atoms with Crippen molar-refractivity contribution in [3.8, 4) is 0 Å². The van der Waals surface area contributed by atoms with Crippen LogP contribution >= 0.6 is 0 Å². The predicted molar refractivity (Wildman–Crippen MR) is 78.9 cm³/mol. The molecule has 0 radical (unpaired) electrons. The molecule has 3 heteroatoms. The molecule has 2 atom stereocenters. The second-order valence-corrected chi connectivity index (χ2v) is 5.81. The van der Waals surface area contributed by atoms with Gasteiger partial charge in [-0.2, -0.15) is 0 Å². The lowest BCUT2D eigenvalue weighted by molar-refractivity contribution is -0.137. The third-order valence-electron chi connectivity index (χ3n) is 3.25. The molecule has 2 unspecified atom stereocenters. The van der Waals surface area contributed by atoms with Crippen molar-refractivity contribution < 1.29 is 14.6 Å². The van der Waals surface area contributed by atoms with Crippen LogP contribution in [0.2, 0.25) is 0 Å². The highest BCUT2D eigenvalue weighted by atomic mass is 16.5. The summed E-state index contributed by atoms with van der Waals surface area (Å²) in [4.78, 5) is 11.2. The third kappa shape index (κ3) is 9.71. The van der Waals surface area contributed by atoms with E-state index in [9.17, 15) is 9.90 Å². The lowest BCUT2D eigenvalue weighted by Gasteiger charge is -2.20. The van der Waals surface area contributed by atoms with E-state index in [0.29, 0.717) is 18.4 Å². The van der Waals surface area contributed by atoms with Gasteiger partial charge in [0.05, 0.1) is 12.7 Å². The van der Waals surface area contributed by atoms with E-state index < -0.39 is 0 Å². The van der Waals surface area contributed by atoms with E-state index in [4.69, 9.17) is 4.74 Å². The van der Waals surface area contributed by atoms with E-state index in [0.717, 1.165) is 31.3 Å². The number of hydrogen-bond donors (Lipinski definition) is 1. The summed E-state index contributed by atoms with van der Waals surface area (Å²) in [5, 5.41) is 9.98. The first-order chi connectivity index (χ1) is 8.86.